The fraction of sp³-hybridized carbons (Fsp3) is 0.143. The van der Waals surface area contributed by atoms with Gasteiger partial charge in [0.05, 0.1) is 23.8 Å². The van der Waals surface area contributed by atoms with Crippen LogP contribution in [0.2, 0.25) is 5.02 Å². The van der Waals surface area contributed by atoms with Crippen molar-refractivity contribution in [2.45, 2.75) is 15.7 Å². The van der Waals surface area contributed by atoms with E-state index in [-0.39, 0.29) is 33.7 Å². The van der Waals surface area contributed by atoms with Gasteiger partial charge in [-0.25, -0.2) is 22.3 Å². The average Bonchev–Trinajstić information content (AvgIpc) is 3.00. The van der Waals surface area contributed by atoms with Crippen molar-refractivity contribution in [3.8, 4) is 5.88 Å². The van der Waals surface area contributed by atoms with Gasteiger partial charge in [0.15, 0.2) is 5.82 Å². The van der Waals surface area contributed by atoms with Crippen LogP contribution in [-0.4, -0.2) is 35.9 Å². The summed E-state index contributed by atoms with van der Waals surface area (Å²) in [5.41, 5.74) is -0.119. The molecule has 0 bridgehead atoms. The van der Waals surface area contributed by atoms with E-state index in [1.54, 1.807) is 0 Å². The number of pyridine rings is 2. The Bertz CT molecular complexity index is 1110. The molecule has 0 aliphatic heterocycles. The van der Waals surface area contributed by atoms with E-state index in [4.69, 9.17) is 16.3 Å². The first-order valence-corrected chi connectivity index (χ1v) is 9.80. The Morgan fingerprint density at radius 2 is 2.11 bits per heavy atom. The van der Waals surface area contributed by atoms with Crippen LogP contribution in [0.5, 0.6) is 5.88 Å². The molecule has 0 atom stereocenters. The van der Waals surface area contributed by atoms with Gasteiger partial charge in [0, 0.05) is 12.3 Å². The second kappa shape index (κ2) is 7.44. The number of hydrogen-bond donors (Lipinski definition) is 1. The van der Waals surface area contributed by atoms with Crippen LogP contribution < -0.4 is 9.46 Å². The molecule has 0 saturated carbocycles. The second-order valence-electron chi connectivity index (χ2n) is 5.00. The Morgan fingerprint density at radius 1 is 1.37 bits per heavy atom. The first kappa shape index (κ1) is 19.6. The van der Waals surface area contributed by atoms with Crippen molar-refractivity contribution in [1.29, 1.82) is 0 Å². The van der Waals surface area contributed by atoms with Gasteiger partial charge in [-0.1, -0.05) is 11.6 Å². The lowest BCUT2D eigenvalue weighted by Gasteiger charge is -2.12. The number of ether oxygens (including phenoxy) is 1. The van der Waals surface area contributed by atoms with Gasteiger partial charge < -0.3 is 4.74 Å². The molecule has 7 nitrogen and oxygen atoms in total. The first-order chi connectivity index (χ1) is 12.7. The highest BCUT2D eigenvalue weighted by atomic mass is 35.5. The molecule has 27 heavy (non-hydrogen) atoms. The van der Waals surface area contributed by atoms with Crippen LogP contribution in [0.4, 0.5) is 18.9 Å². The summed E-state index contributed by atoms with van der Waals surface area (Å²) in [5, 5.41) is 3.63. The van der Waals surface area contributed by atoms with Crippen LogP contribution in [0.3, 0.4) is 0 Å². The minimum Gasteiger partial charge on any atom is -0.479 e. The second-order valence-corrected chi connectivity index (χ2v) is 8.07. The summed E-state index contributed by atoms with van der Waals surface area (Å²) in [6.07, 6.45) is 2.50. The number of nitrogens with one attached hydrogen (secondary N) is 1. The van der Waals surface area contributed by atoms with Gasteiger partial charge in [0.1, 0.15) is 15.6 Å². The van der Waals surface area contributed by atoms with Gasteiger partial charge >= 0.3 is 0 Å². The summed E-state index contributed by atoms with van der Waals surface area (Å²) < 4.78 is 72.5. The molecule has 3 rings (SSSR count). The number of halogens is 4. The van der Waals surface area contributed by atoms with E-state index in [9.17, 15) is 21.6 Å². The third-order valence-corrected chi connectivity index (χ3v) is 5.57. The van der Waals surface area contributed by atoms with Gasteiger partial charge in [-0.15, -0.1) is 0 Å². The van der Waals surface area contributed by atoms with Crippen molar-refractivity contribution in [3.63, 3.8) is 0 Å². The molecule has 0 aromatic carbocycles. The molecule has 0 unspecified atom stereocenters. The number of rotatable bonds is 6. The van der Waals surface area contributed by atoms with E-state index in [1.165, 1.54) is 22.8 Å². The fourth-order valence-corrected chi connectivity index (χ4v) is 3.99. The van der Waals surface area contributed by atoms with Gasteiger partial charge in [-0.2, -0.15) is 13.9 Å². The van der Waals surface area contributed by atoms with Gasteiger partial charge in [-0.05, 0) is 23.9 Å². The zero-order valence-electron chi connectivity index (χ0n) is 13.4. The number of aromatic nitrogens is 3. The number of hydrogen-bond acceptors (Lipinski definition) is 6. The van der Waals surface area contributed by atoms with E-state index in [2.05, 4.69) is 14.8 Å². The van der Waals surface area contributed by atoms with E-state index in [0.29, 0.717) is 5.02 Å². The SMILES string of the molecule is COc1nc(SC(F)F)c(F)cc1NS(=O)(=O)c1cnn2cc(Cl)ccc12. The number of nitrogens with zero attached hydrogens (tertiary/aromatic N) is 3. The molecule has 13 heteroatoms. The predicted molar refractivity (Wildman–Crippen MR) is 93.6 cm³/mol. The highest BCUT2D eigenvalue weighted by molar-refractivity contribution is 7.99. The summed E-state index contributed by atoms with van der Waals surface area (Å²) in [5.74, 6) is -4.38. The maximum atomic E-state index is 14.0. The van der Waals surface area contributed by atoms with Crippen LogP contribution in [0.25, 0.3) is 5.52 Å². The minimum absolute atomic E-state index is 0.120. The molecular formula is C14H10ClF3N4O3S2. The maximum Gasteiger partial charge on any atom is 0.290 e. The Labute approximate surface area is 160 Å². The van der Waals surface area contributed by atoms with E-state index < -0.39 is 26.6 Å². The maximum absolute atomic E-state index is 14.0. The van der Waals surface area contributed by atoms with E-state index in [0.717, 1.165) is 19.4 Å². The molecular weight excluding hydrogens is 429 g/mol. The number of alkyl halides is 2. The Balaban J connectivity index is 2.01. The Hall–Kier alpha value is -2.18. The summed E-state index contributed by atoms with van der Waals surface area (Å²) in [7, 11) is -3.07. The zero-order chi connectivity index (χ0) is 19.8. The van der Waals surface area contributed by atoms with E-state index >= 15 is 0 Å². The number of anilines is 1. The molecule has 0 saturated heterocycles. The Kier molecular flexibility index (Phi) is 5.40. The van der Waals surface area contributed by atoms with Crippen molar-refractivity contribution in [3.05, 3.63) is 41.4 Å². The van der Waals surface area contributed by atoms with Crippen LogP contribution in [0, 0.1) is 5.82 Å². The lowest BCUT2D eigenvalue weighted by Crippen LogP contribution is -2.14. The van der Waals surface area contributed by atoms with Crippen LogP contribution >= 0.6 is 23.4 Å². The highest BCUT2D eigenvalue weighted by Gasteiger charge is 2.24. The summed E-state index contributed by atoms with van der Waals surface area (Å²) >= 11 is 5.71. The van der Waals surface area contributed by atoms with Crippen molar-refractivity contribution in [1.82, 2.24) is 14.6 Å². The molecule has 0 fully saturated rings. The van der Waals surface area contributed by atoms with Crippen LogP contribution in [0.1, 0.15) is 0 Å². The molecule has 3 heterocycles. The standard InChI is InChI=1S/C14H10ClF3N4O3S2/c1-25-12-9(4-8(16)13(20-12)26-14(17)18)21-27(23,24)11-5-19-22-6-7(15)2-3-10(11)22/h2-6,14,21H,1H3. The number of methoxy groups -OCH3 is 1. The summed E-state index contributed by atoms with van der Waals surface area (Å²) in [6.45, 7) is 0. The van der Waals surface area contributed by atoms with Gasteiger partial charge in [0.25, 0.3) is 15.8 Å². The molecule has 0 aliphatic rings. The van der Waals surface area contributed by atoms with Crippen LogP contribution in [-0.2, 0) is 10.0 Å². The van der Waals surface area contributed by atoms with Crippen molar-refractivity contribution < 1.29 is 26.3 Å². The molecule has 3 aromatic rings. The first-order valence-electron chi connectivity index (χ1n) is 7.06. The fourth-order valence-electron chi connectivity index (χ4n) is 2.19. The molecule has 0 amide bonds. The number of thioether (sulfide) groups is 1. The summed E-state index contributed by atoms with van der Waals surface area (Å²) in [6, 6.07) is 3.65. The van der Waals surface area contributed by atoms with Crippen molar-refractivity contribution >= 4 is 44.6 Å². The van der Waals surface area contributed by atoms with Gasteiger partial charge in [-0.3, -0.25) is 4.72 Å². The van der Waals surface area contributed by atoms with Crippen molar-refractivity contribution in [2.75, 3.05) is 11.8 Å². The predicted octanol–water partition coefficient (Wildman–Crippen LogP) is 3.65. The van der Waals surface area contributed by atoms with Gasteiger partial charge in [0.2, 0.25) is 5.88 Å². The third-order valence-electron chi connectivity index (χ3n) is 3.28. The average molecular weight is 439 g/mol. The Morgan fingerprint density at radius 3 is 2.78 bits per heavy atom. The molecule has 3 aromatic heterocycles. The molecule has 1 N–H and O–H groups in total. The molecule has 0 radical (unpaired) electrons. The lowest BCUT2D eigenvalue weighted by atomic mass is 10.4. The normalized spacial score (nSPS) is 11.9. The molecule has 0 aliphatic carbocycles. The summed E-state index contributed by atoms with van der Waals surface area (Å²) in [4.78, 5) is 3.39. The lowest BCUT2D eigenvalue weighted by molar-refractivity contribution is 0.251. The third kappa shape index (κ3) is 4.06. The molecule has 0 spiro atoms. The topological polar surface area (TPSA) is 85.6 Å². The number of fused-ring (bicyclic) bond motifs is 1. The quantitative estimate of drug-likeness (QED) is 0.591. The minimum atomic E-state index is -4.21. The largest absolute Gasteiger partial charge is 0.479 e. The number of sulfonamides is 1. The molecule has 144 valence electrons. The smallest absolute Gasteiger partial charge is 0.290 e. The van der Waals surface area contributed by atoms with E-state index in [1.807, 2.05) is 0 Å². The highest BCUT2D eigenvalue weighted by Crippen LogP contribution is 2.33. The van der Waals surface area contributed by atoms with Crippen molar-refractivity contribution in [2.24, 2.45) is 0 Å². The zero-order valence-corrected chi connectivity index (χ0v) is 15.7. The monoisotopic (exact) mass is 438 g/mol. The van der Waals surface area contributed by atoms with Crippen LogP contribution in [0.15, 0.2) is 40.5 Å².